The highest BCUT2D eigenvalue weighted by atomic mass is 16.5. The van der Waals surface area contributed by atoms with Gasteiger partial charge in [0.05, 0.1) is 6.10 Å². The molecule has 0 radical (unpaired) electrons. The Hall–Kier alpha value is -0.860. The lowest BCUT2D eigenvalue weighted by Crippen LogP contribution is -2.00. The summed E-state index contributed by atoms with van der Waals surface area (Å²) in [7, 11) is 1.74. The van der Waals surface area contributed by atoms with Gasteiger partial charge in [-0.2, -0.15) is 0 Å². The molecule has 2 heteroatoms. The number of hydrogen-bond acceptors (Lipinski definition) is 2. The van der Waals surface area contributed by atoms with Crippen molar-refractivity contribution in [1.29, 1.82) is 0 Å². The van der Waals surface area contributed by atoms with Crippen molar-refractivity contribution in [3.8, 4) is 0 Å². The van der Waals surface area contributed by atoms with Gasteiger partial charge in [-0.15, -0.1) is 0 Å². The molecule has 0 aliphatic heterocycles. The van der Waals surface area contributed by atoms with E-state index in [1.807, 2.05) is 0 Å². The first-order valence-electron chi connectivity index (χ1n) is 5.59. The average molecular weight is 207 g/mol. The van der Waals surface area contributed by atoms with Crippen molar-refractivity contribution in [3.05, 3.63) is 35.4 Å². The zero-order valence-electron chi connectivity index (χ0n) is 9.70. The lowest BCUT2D eigenvalue weighted by molar-refractivity contribution is 0.119. The fourth-order valence-electron chi connectivity index (χ4n) is 1.61. The van der Waals surface area contributed by atoms with Crippen LogP contribution >= 0.6 is 0 Å². The number of unbranched alkanes of at least 4 members (excludes halogenated alkanes) is 1. The summed E-state index contributed by atoms with van der Waals surface area (Å²) in [5, 5.41) is 0. The minimum absolute atomic E-state index is 0.180. The Bertz CT molecular complexity index is 286. The van der Waals surface area contributed by atoms with Crippen molar-refractivity contribution in [2.75, 3.05) is 13.7 Å². The summed E-state index contributed by atoms with van der Waals surface area (Å²) in [5.41, 5.74) is 8.10. The quantitative estimate of drug-likeness (QED) is 0.728. The third-order valence-corrected chi connectivity index (χ3v) is 2.69. The van der Waals surface area contributed by atoms with Gasteiger partial charge >= 0.3 is 0 Å². The van der Waals surface area contributed by atoms with Crippen LogP contribution < -0.4 is 5.73 Å². The minimum atomic E-state index is 0.180. The van der Waals surface area contributed by atoms with Crippen LogP contribution in [-0.2, 0) is 11.2 Å². The molecule has 1 unspecified atom stereocenters. The van der Waals surface area contributed by atoms with E-state index >= 15 is 0 Å². The van der Waals surface area contributed by atoms with Crippen LogP contribution in [0, 0.1) is 0 Å². The predicted molar refractivity (Wildman–Crippen MR) is 63.9 cm³/mol. The number of nitrogens with two attached hydrogens (primary N) is 1. The summed E-state index contributed by atoms with van der Waals surface area (Å²) in [6.07, 6.45) is 3.56. The molecular weight excluding hydrogens is 186 g/mol. The van der Waals surface area contributed by atoms with Crippen molar-refractivity contribution in [3.63, 3.8) is 0 Å². The first kappa shape index (κ1) is 12.2. The van der Waals surface area contributed by atoms with Crippen molar-refractivity contribution >= 4 is 0 Å². The molecule has 1 rings (SSSR count). The monoisotopic (exact) mass is 207 g/mol. The van der Waals surface area contributed by atoms with Gasteiger partial charge in [0.25, 0.3) is 0 Å². The molecule has 0 fully saturated rings. The topological polar surface area (TPSA) is 35.2 Å². The third kappa shape index (κ3) is 4.02. The molecule has 1 atom stereocenters. The second-order valence-electron chi connectivity index (χ2n) is 3.87. The molecule has 0 saturated heterocycles. The van der Waals surface area contributed by atoms with Gasteiger partial charge in [-0.1, -0.05) is 24.3 Å². The molecule has 1 aromatic rings. The van der Waals surface area contributed by atoms with Crippen LogP contribution in [0.3, 0.4) is 0 Å². The van der Waals surface area contributed by atoms with Gasteiger partial charge in [0, 0.05) is 7.11 Å². The summed E-state index contributed by atoms with van der Waals surface area (Å²) in [6.45, 7) is 2.85. The van der Waals surface area contributed by atoms with E-state index in [0.29, 0.717) is 0 Å². The molecular formula is C13H21NO. The highest BCUT2D eigenvalue weighted by Gasteiger charge is 2.03. The third-order valence-electron chi connectivity index (χ3n) is 2.69. The first-order chi connectivity index (χ1) is 7.27. The number of hydrogen-bond donors (Lipinski definition) is 1. The Kier molecular flexibility index (Phi) is 5.37. The van der Waals surface area contributed by atoms with Gasteiger partial charge in [0.2, 0.25) is 0 Å². The van der Waals surface area contributed by atoms with Crippen molar-refractivity contribution < 1.29 is 4.74 Å². The second kappa shape index (κ2) is 6.59. The summed E-state index contributed by atoms with van der Waals surface area (Å²) in [5.74, 6) is 0. The normalized spacial score (nSPS) is 12.7. The van der Waals surface area contributed by atoms with Crippen molar-refractivity contribution in [2.45, 2.75) is 32.3 Å². The van der Waals surface area contributed by atoms with Crippen LogP contribution in [-0.4, -0.2) is 13.7 Å². The fraction of sp³-hybridized carbons (Fsp3) is 0.538. The SMILES string of the molecule is COC(C)c1cccc(CCCCN)c1. The number of rotatable bonds is 6. The zero-order valence-corrected chi connectivity index (χ0v) is 9.70. The van der Waals surface area contributed by atoms with E-state index in [2.05, 4.69) is 31.2 Å². The lowest BCUT2D eigenvalue weighted by Gasteiger charge is -2.11. The molecule has 0 spiro atoms. The minimum Gasteiger partial charge on any atom is -0.377 e. The number of methoxy groups -OCH3 is 1. The highest BCUT2D eigenvalue weighted by molar-refractivity contribution is 5.25. The maximum atomic E-state index is 5.47. The predicted octanol–water partition coefficient (Wildman–Crippen LogP) is 2.68. The largest absolute Gasteiger partial charge is 0.377 e. The average Bonchev–Trinajstić information content (AvgIpc) is 2.29. The van der Waals surface area contributed by atoms with E-state index in [1.165, 1.54) is 17.5 Å². The Labute approximate surface area is 92.4 Å². The standard InChI is InChI=1S/C13H21NO/c1-11(15-2)13-8-5-7-12(10-13)6-3-4-9-14/h5,7-8,10-11H,3-4,6,9,14H2,1-2H3. The Balaban J connectivity index is 2.57. The summed E-state index contributed by atoms with van der Waals surface area (Å²) in [6, 6.07) is 8.61. The summed E-state index contributed by atoms with van der Waals surface area (Å²) < 4.78 is 5.30. The van der Waals surface area contributed by atoms with Gasteiger partial charge in [-0.05, 0) is 43.9 Å². The van der Waals surface area contributed by atoms with Crippen LogP contribution in [0.25, 0.3) is 0 Å². The van der Waals surface area contributed by atoms with Gasteiger partial charge in [-0.25, -0.2) is 0 Å². The van der Waals surface area contributed by atoms with Crippen LogP contribution in [0.15, 0.2) is 24.3 Å². The first-order valence-corrected chi connectivity index (χ1v) is 5.59. The molecule has 0 aliphatic carbocycles. The van der Waals surface area contributed by atoms with Gasteiger partial charge in [0.15, 0.2) is 0 Å². The van der Waals surface area contributed by atoms with Crippen LogP contribution in [0.1, 0.15) is 37.0 Å². The number of benzene rings is 1. The molecule has 2 nitrogen and oxygen atoms in total. The molecule has 2 N–H and O–H groups in total. The summed E-state index contributed by atoms with van der Waals surface area (Å²) in [4.78, 5) is 0. The van der Waals surface area contributed by atoms with E-state index in [-0.39, 0.29) is 6.10 Å². The Morgan fingerprint density at radius 3 is 2.80 bits per heavy atom. The fourth-order valence-corrected chi connectivity index (χ4v) is 1.61. The van der Waals surface area contributed by atoms with Crippen molar-refractivity contribution in [1.82, 2.24) is 0 Å². The van der Waals surface area contributed by atoms with Crippen LogP contribution in [0.2, 0.25) is 0 Å². The lowest BCUT2D eigenvalue weighted by atomic mass is 10.0. The molecule has 84 valence electrons. The number of aryl methyl sites for hydroxylation is 1. The molecule has 0 saturated carbocycles. The molecule has 0 heterocycles. The highest BCUT2D eigenvalue weighted by Crippen LogP contribution is 2.17. The Morgan fingerprint density at radius 1 is 1.33 bits per heavy atom. The van der Waals surface area contributed by atoms with Gasteiger partial charge in [0.1, 0.15) is 0 Å². The Morgan fingerprint density at radius 2 is 2.13 bits per heavy atom. The maximum absolute atomic E-state index is 5.47. The molecule has 0 aliphatic rings. The van der Waals surface area contributed by atoms with E-state index in [4.69, 9.17) is 10.5 Å². The zero-order chi connectivity index (χ0) is 11.1. The molecule has 1 aromatic carbocycles. The second-order valence-corrected chi connectivity index (χ2v) is 3.87. The van der Waals surface area contributed by atoms with E-state index < -0.39 is 0 Å². The molecule has 0 amide bonds. The van der Waals surface area contributed by atoms with E-state index in [1.54, 1.807) is 7.11 Å². The maximum Gasteiger partial charge on any atom is 0.0793 e. The van der Waals surface area contributed by atoms with E-state index in [0.717, 1.165) is 19.4 Å². The van der Waals surface area contributed by atoms with E-state index in [9.17, 15) is 0 Å². The van der Waals surface area contributed by atoms with Crippen LogP contribution in [0.5, 0.6) is 0 Å². The smallest absolute Gasteiger partial charge is 0.0793 e. The van der Waals surface area contributed by atoms with Gasteiger partial charge < -0.3 is 10.5 Å². The summed E-state index contributed by atoms with van der Waals surface area (Å²) >= 11 is 0. The van der Waals surface area contributed by atoms with Crippen molar-refractivity contribution in [2.24, 2.45) is 5.73 Å². The van der Waals surface area contributed by atoms with Crippen LogP contribution in [0.4, 0.5) is 0 Å². The molecule has 15 heavy (non-hydrogen) atoms. The van der Waals surface area contributed by atoms with Gasteiger partial charge in [-0.3, -0.25) is 0 Å². The molecule has 0 bridgehead atoms. The molecule has 0 aromatic heterocycles. The number of ether oxygens (including phenoxy) is 1.